The summed E-state index contributed by atoms with van der Waals surface area (Å²) in [6.45, 7) is 0.0502. The van der Waals surface area contributed by atoms with Crippen LogP contribution >= 0.6 is 0 Å². The van der Waals surface area contributed by atoms with Crippen molar-refractivity contribution in [2.24, 2.45) is 5.92 Å². The summed E-state index contributed by atoms with van der Waals surface area (Å²) >= 11 is 0. The van der Waals surface area contributed by atoms with Gasteiger partial charge in [-0.05, 0) is 37.3 Å². The monoisotopic (exact) mass is 330 g/mol. The van der Waals surface area contributed by atoms with Gasteiger partial charge >= 0.3 is 0 Å². The van der Waals surface area contributed by atoms with E-state index in [0.29, 0.717) is 17.9 Å². The number of rotatable bonds is 6. The Balaban J connectivity index is 1.67. The van der Waals surface area contributed by atoms with Gasteiger partial charge in [0.2, 0.25) is 0 Å². The van der Waals surface area contributed by atoms with Gasteiger partial charge in [-0.1, -0.05) is 24.4 Å². The van der Waals surface area contributed by atoms with E-state index >= 15 is 0 Å². The average molecular weight is 330 g/mol. The van der Waals surface area contributed by atoms with Gasteiger partial charge in [-0.25, -0.2) is 0 Å². The fourth-order valence-corrected chi connectivity index (χ4v) is 3.26. The Kier molecular flexibility index (Phi) is 5.53. The van der Waals surface area contributed by atoms with Crippen molar-refractivity contribution >= 4 is 5.91 Å². The van der Waals surface area contributed by atoms with Crippen LogP contribution in [0.4, 0.5) is 0 Å². The molecule has 0 aromatic carbocycles. The van der Waals surface area contributed by atoms with Crippen LogP contribution in [0.2, 0.25) is 0 Å². The number of amides is 1. The Bertz CT molecular complexity index is 653. The average Bonchev–Trinajstić information content (AvgIpc) is 3.13. The molecule has 2 N–H and O–H groups in total. The second kappa shape index (κ2) is 8.01. The first kappa shape index (κ1) is 16.6. The molecule has 1 fully saturated rings. The van der Waals surface area contributed by atoms with Crippen molar-refractivity contribution in [1.82, 2.24) is 20.4 Å². The molecule has 1 atom stereocenters. The highest BCUT2D eigenvalue weighted by Crippen LogP contribution is 2.28. The van der Waals surface area contributed by atoms with E-state index in [1.807, 2.05) is 0 Å². The molecule has 1 aliphatic rings. The van der Waals surface area contributed by atoms with Crippen LogP contribution < -0.4 is 5.32 Å². The number of hydrogen-bond donors (Lipinski definition) is 2. The normalized spacial score (nSPS) is 16.7. The van der Waals surface area contributed by atoms with E-state index in [1.165, 1.54) is 19.3 Å². The van der Waals surface area contributed by atoms with Crippen molar-refractivity contribution < 1.29 is 14.4 Å². The molecule has 0 saturated heterocycles. The van der Waals surface area contributed by atoms with E-state index in [-0.39, 0.29) is 30.3 Å². The van der Waals surface area contributed by atoms with E-state index in [2.05, 4.69) is 20.4 Å². The highest BCUT2D eigenvalue weighted by atomic mass is 16.5. The van der Waals surface area contributed by atoms with Crippen molar-refractivity contribution in [3.8, 4) is 11.5 Å². The van der Waals surface area contributed by atoms with Gasteiger partial charge in [0, 0.05) is 25.0 Å². The van der Waals surface area contributed by atoms with Crippen LogP contribution in [0.1, 0.15) is 49.1 Å². The van der Waals surface area contributed by atoms with Gasteiger partial charge in [-0.3, -0.25) is 9.78 Å². The zero-order valence-corrected chi connectivity index (χ0v) is 13.5. The van der Waals surface area contributed by atoms with Gasteiger partial charge in [0.25, 0.3) is 17.6 Å². The van der Waals surface area contributed by atoms with Crippen molar-refractivity contribution in [3.63, 3.8) is 0 Å². The lowest BCUT2D eigenvalue weighted by atomic mass is 9.82. The SMILES string of the molecule is O=C(NC(CCO)C1CCCCC1)c1noc(-c2cccnc2)n1. The van der Waals surface area contributed by atoms with Crippen molar-refractivity contribution in [3.05, 3.63) is 30.4 Å². The molecule has 0 bridgehead atoms. The van der Waals surface area contributed by atoms with E-state index in [0.717, 1.165) is 12.8 Å². The fourth-order valence-electron chi connectivity index (χ4n) is 3.26. The van der Waals surface area contributed by atoms with Crippen LogP contribution in [0.5, 0.6) is 0 Å². The molecule has 0 aliphatic heterocycles. The lowest BCUT2D eigenvalue weighted by Crippen LogP contribution is -2.42. The summed E-state index contributed by atoms with van der Waals surface area (Å²) in [6.07, 6.45) is 9.56. The fraction of sp³-hybridized carbons (Fsp3) is 0.529. The van der Waals surface area contributed by atoms with Gasteiger partial charge in [0.1, 0.15) is 0 Å². The number of nitrogens with one attached hydrogen (secondary N) is 1. The second-order valence-corrected chi connectivity index (χ2v) is 6.16. The van der Waals surface area contributed by atoms with Gasteiger partial charge in [0.15, 0.2) is 0 Å². The molecule has 3 rings (SSSR count). The number of hydrogen-bond acceptors (Lipinski definition) is 6. The Morgan fingerprint density at radius 3 is 2.92 bits per heavy atom. The van der Waals surface area contributed by atoms with E-state index in [4.69, 9.17) is 4.52 Å². The molecule has 1 amide bonds. The molecule has 1 aliphatic carbocycles. The van der Waals surface area contributed by atoms with E-state index < -0.39 is 0 Å². The highest BCUT2D eigenvalue weighted by molar-refractivity contribution is 5.90. The predicted molar refractivity (Wildman–Crippen MR) is 87.1 cm³/mol. The maximum Gasteiger partial charge on any atom is 0.292 e. The summed E-state index contributed by atoms with van der Waals surface area (Å²) in [6, 6.07) is 3.50. The molecule has 0 spiro atoms. The molecular weight excluding hydrogens is 308 g/mol. The minimum absolute atomic E-state index is 0.00704. The van der Waals surface area contributed by atoms with Gasteiger partial charge in [-0.2, -0.15) is 4.98 Å². The van der Waals surface area contributed by atoms with Crippen molar-refractivity contribution in [1.29, 1.82) is 0 Å². The number of aromatic nitrogens is 3. The van der Waals surface area contributed by atoms with Gasteiger partial charge in [-0.15, -0.1) is 0 Å². The molecule has 1 unspecified atom stereocenters. The summed E-state index contributed by atoms with van der Waals surface area (Å²) < 4.78 is 5.15. The van der Waals surface area contributed by atoms with Crippen molar-refractivity contribution in [2.75, 3.05) is 6.61 Å². The first-order chi connectivity index (χ1) is 11.8. The Morgan fingerprint density at radius 1 is 1.38 bits per heavy atom. The Hall–Kier alpha value is -2.28. The molecule has 1 saturated carbocycles. The van der Waals surface area contributed by atoms with Crippen LogP contribution in [0.3, 0.4) is 0 Å². The van der Waals surface area contributed by atoms with Crippen LogP contribution in [-0.4, -0.2) is 38.8 Å². The first-order valence-electron chi connectivity index (χ1n) is 8.44. The summed E-state index contributed by atoms with van der Waals surface area (Å²) in [5.74, 6) is 0.315. The maximum absolute atomic E-state index is 12.4. The quantitative estimate of drug-likeness (QED) is 0.842. The number of aliphatic hydroxyl groups is 1. The third-order valence-corrected chi connectivity index (χ3v) is 4.51. The highest BCUT2D eigenvalue weighted by Gasteiger charge is 2.26. The molecule has 2 heterocycles. The lowest BCUT2D eigenvalue weighted by molar-refractivity contribution is 0.0886. The number of pyridine rings is 1. The lowest BCUT2D eigenvalue weighted by Gasteiger charge is -2.30. The summed E-state index contributed by atoms with van der Waals surface area (Å²) in [5.41, 5.74) is 0.670. The minimum Gasteiger partial charge on any atom is -0.396 e. The van der Waals surface area contributed by atoms with Crippen LogP contribution in [0.25, 0.3) is 11.5 Å². The molecule has 128 valence electrons. The summed E-state index contributed by atoms with van der Waals surface area (Å²) in [7, 11) is 0. The molecular formula is C17H22N4O3. The third-order valence-electron chi connectivity index (χ3n) is 4.51. The molecule has 7 nitrogen and oxygen atoms in total. The van der Waals surface area contributed by atoms with E-state index in [9.17, 15) is 9.90 Å². The largest absolute Gasteiger partial charge is 0.396 e. The van der Waals surface area contributed by atoms with Gasteiger partial charge in [0.05, 0.1) is 5.56 Å². The molecule has 24 heavy (non-hydrogen) atoms. The van der Waals surface area contributed by atoms with Crippen molar-refractivity contribution in [2.45, 2.75) is 44.6 Å². The smallest absolute Gasteiger partial charge is 0.292 e. The third kappa shape index (κ3) is 3.97. The van der Waals surface area contributed by atoms with E-state index in [1.54, 1.807) is 24.5 Å². The molecule has 2 aromatic heterocycles. The first-order valence-corrected chi connectivity index (χ1v) is 8.44. The predicted octanol–water partition coefficient (Wildman–Crippen LogP) is 2.19. The number of carbonyl (C=O) groups excluding carboxylic acids is 1. The molecule has 7 heteroatoms. The number of carbonyl (C=O) groups is 1. The molecule has 0 radical (unpaired) electrons. The zero-order valence-electron chi connectivity index (χ0n) is 13.5. The van der Waals surface area contributed by atoms with Crippen LogP contribution in [0.15, 0.2) is 29.0 Å². The number of nitrogens with zero attached hydrogens (tertiary/aromatic N) is 3. The van der Waals surface area contributed by atoms with Crippen LogP contribution in [-0.2, 0) is 0 Å². The minimum atomic E-state index is -0.363. The Labute approximate surface area is 140 Å². The summed E-state index contributed by atoms with van der Waals surface area (Å²) in [5, 5.41) is 16.0. The summed E-state index contributed by atoms with van der Waals surface area (Å²) in [4.78, 5) is 20.6. The molecule has 2 aromatic rings. The second-order valence-electron chi connectivity index (χ2n) is 6.16. The Morgan fingerprint density at radius 2 is 2.21 bits per heavy atom. The maximum atomic E-state index is 12.4. The topological polar surface area (TPSA) is 101 Å². The number of aliphatic hydroxyl groups excluding tert-OH is 1. The standard InChI is InChI=1S/C17H22N4O3/c22-10-8-14(12-5-2-1-3-6-12)19-16(23)15-20-17(24-21-15)13-7-4-9-18-11-13/h4,7,9,11-12,14,22H,1-3,5-6,8,10H2,(H,19,23). The zero-order chi connectivity index (χ0) is 16.8. The van der Waals surface area contributed by atoms with Gasteiger partial charge < -0.3 is 14.9 Å². The van der Waals surface area contributed by atoms with Crippen LogP contribution in [0, 0.1) is 5.92 Å².